The van der Waals surface area contributed by atoms with Crippen LogP contribution >= 0.6 is 0 Å². The van der Waals surface area contributed by atoms with E-state index in [1.54, 1.807) is 24.3 Å². The normalized spacial score (nSPS) is 13.7. The Morgan fingerprint density at radius 3 is 2.33 bits per heavy atom. The highest BCUT2D eigenvalue weighted by molar-refractivity contribution is 5.78. The van der Waals surface area contributed by atoms with E-state index in [0.29, 0.717) is 11.4 Å². The molecule has 0 radical (unpaired) electrons. The molecule has 0 aromatic heterocycles. The van der Waals surface area contributed by atoms with Crippen LogP contribution in [0.15, 0.2) is 48.5 Å². The number of nitrogens with one attached hydrogen (secondary N) is 1. The van der Waals surface area contributed by atoms with Crippen molar-refractivity contribution in [3.63, 3.8) is 0 Å². The van der Waals surface area contributed by atoms with Gasteiger partial charge in [-0.3, -0.25) is 4.79 Å². The fraction of sp³-hybridized carbons (Fsp3) is 0.235. The molecule has 0 saturated carbocycles. The van der Waals surface area contributed by atoms with Gasteiger partial charge in [-0.05, 0) is 48.2 Å². The molecule has 108 valence electrons. The number of anilines is 1. The van der Waals surface area contributed by atoms with Gasteiger partial charge in [-0.2, -0.15) is 0 Å². The van der Waals surface area contributed by atoms with Crippen molar-refractivity contribution in [2.45, 2.75) is 18.9 Å². The van der Waals surface area contributed by atoms with E-state index in [-0.39, 0.29) is 18.6 Å². The molecule has 0 spiro atoms. The molecule has 4 heteroatoms. The molecule has 2 aromatic rings. The van der Waals surface area contributed by atoms with E-state index < -0.39 is 0 Å². The number of hydrogen-bond donors (Lipinski definition) is 2. The van der Waals surface area contributed by atoms with Crippen LogP contribution in [0.2, 0.25) is 0 Å². The first-order valence-electron chi connectivity index (χ1n) is 7.05. The lowest BCUT2D eigenvalue weighted by atomic mass is 10.1. The van der Waals surface area contributed by atoms with Gasteiger partial charge in [0.15, 0.2) is 6.61 Å². The average Bonchev–Trinajstić information content (AvgIpc) is 2.88. The zero-order valence-corrected chi connectivity index (χ0v) is 11.7. The highest BCUT2D eigenvalue weighted by Gasteiger charge is 2.22. The number of rotatable bonds is 4. The molecule has 3 rings (SSSR count). The monoisotopic (exact) mass is 282 g/mol. The number of nitrogen functional groups attached to an aromatic ring is 1. The van der Waals surface area contributed by atoms with Crippen LogP contribution in [0.4, 0.5) is 5.69 Å². The molecule has 0 saturated heterocycles. The summed E-state index contributed by atoms with van der Waals surface area (Å²) >= 11 is 0. The van der Waals surface area contributed by atoms with E-state index in [9.17, 15) is 4.79 Å². The standard InChI is InChI=1S/C17H18N2O2/c18-14-5-7-16(8-6-14)21-11-17(20)19-15-9-12-3-1-2-4-13(12)10-15/h1-8,15H,9-11,18H2,(H,19,20). The lowest BCUT2D eigenvalue weighted by molar-refractivity contribution is -0.123. The molecule has 21 heavy (non-hydrogen) atoms. The van der Waals surface area contributed by atoms with Crippen molar-refractivity contribution in [2.24, 2.45) is 0 Å². The van der Waals surface area contributed by atoms with E-state index >= 15 is 0 Å². The third kappa shape index (κ3) is 3.34. The van der Waals surface area contributed by atoms with Crippen LogP contribution in [0.25, 0.3) is 0 Å². The number of hydrogen-bond acceptors (Lipinski definition) is 3. The molecule has 1 amide bonds. The van der Waals surface area contributed by atoms with Gasteiger partial charge in [-0.1, -0.05) is 24.3 Å². The first kappa shape index (κ1) is 13.5. The summed E-state index contributed by atoms with van der Waals surface area (Å²) in [6.07, 6.45) is 1.79. The molecule has 0 bridgehead atoms. The quantitative estimate of drug-likeness (QED) is 0.842. The smallest absolute Gasteiger partial charge is 0.258 e. The summed E-state index contributed by atoms with van der Waals surface area (Å²) in [5, 5.41) is 3.02. The van der Waals surface area contributed by atoms with E-state index in [0.717, 1.165) is 12.8 Å². The maximum Gasteiger partial charge on any atom is 0.258 e. The minimum atomic E-state index is -0.0929. The number of ether oxygens (including phenoxy) is 1. The first-order chi connectivity index (χ1) is 10.2. The van der Waals surface area contributed by atoms with Gasteiger partial charge in [0.25, 0.3) is 5.91 Å². The van der Waals surface area contributed by atoms with Crippen molar-refractivity contribution in [3.05, 3.63) is 59.7 Å². The Labute approximate surface area is 123 Å². The minimum absolute atomic E-state index is 0.0246. The fourth-order valence-electron chi connectivity index (χ4n) is 2.64. The van der Waals surface area contributed by atoms with Gasteiger partial charge in [-0.15, -0.1) is 0 Å². The molecule has 4 nitrogen and oxygen atoms in total. The van der Waals surface area contributed by atoms with Crippen molar-refractivity contribution in [1.82, 2.24) is 5.32 Å². The molecule has 1 aliphatic rings. The second kappa shape index (κ2) is 5.87. The number of carbonyl (C=O) groups is 1. The maximum absolute atomic E-state index is 11.9. The molecule has 2 aromatic carbocycles. The van der Waals surface area contributed by atoms with E-state index in [1.165, 1.54) is 11.1 Å². The largest absolute Gasteiger partial charge is 0.484 e. The van der Waals surface area contributed by atoms with Crippen molar-refractivity contribution in [2.75, 3.05) is 12.3 Å². The third-order valence-corrected chi connectivity index (χ3v) is 3.67. The van der Waals surface area contributed by atoms with Crippen molar-refractivity contribution in [1.29, 1.82) is 0 Å². The predicted octanol–water partition coefficient (Wildman–Crippen LogP) is 1.93. The summed E-state index contributed by atoms with van der Waals surface area (Å²) in [5.74, 6) is 0.554. The molecular formula is C17H18N2O2. The summed E-state index contributed by atoms with van der Waals surface area (Å²) in [6, 6.07) is 15.5. The Balaban J connectivity index is 1.48. The Morgan fingerprint density at radius 1 is 1.10 bits per heavy atom. The average molecular weight is 282 g/mol. The molecule has 0 fully saturated rings. The van der Waals surface area contributed by atoms with Gasteiger partial charge < -0.3 is 15.8 Å². The van der Waals surface area contributed by atoms with Crippen molar-refractivity contribution >= 4 is 11.6 Å². The van der Waals surface area contributed by atoms with Crippen LogP contribution in [0.1, 0.15) is 11.1 Å². The highest BCUT2D eigenvalue weighted by atomic mass is 16.5. The molecule has 0 heterocycles. The van der Waals surface area contributed by atoms with Crippen LogP contribution in [-0.2, 0) is 17.6 Å². The van der Waals surface area contributed by atoms with Gasteiger partial charge in [-0.25, -0.2) is 0 Å². The molecule has 0 aliphatic heterocycles. The van der Waals surface area contributed by atoms with E-state index in [4.69, 9.17) is 10.5 Å². The summed E-state index contributed by atoms with van der Waals surface area (Å²) in [5.41, 5.74) is 8.92. The zero-order valence-electron chi connectivity index (χ0n) is 11.7. The Hall–Kier alpha value is -2.49. The van der Waals surface area contributed by atoms with E-state index in [1.807, 2.05) is 12.1 Å². The summed E-state index contributed by atoms with van der Waals surface area (Å²) < 4.78 is 5.44. The fourth-order valence-corrected chi connectivity index (χ4v) is 2.64. The van der Waals surface area contributed by atoms with Crippen molar-refractivity contribution < 1.29 is 9.53 Å². The lowest BCUT2D eigenvalue weighted by Crippen LogP contribution is -2.38. The number of benzene rings is 2. The van der Waals surface area contributed by atoms with Crippen LogP contribution in [0, 0.1) is 0 Å². The van der Waals surface area contributed by atoms with Gasteiger partial charge in [0, 0.05) is 11.7 Å². The second-order valence-corrected chi connectivity index (χ2v) is 5.30. The number of carbonyl (C=O) groups excluding carboxylic acids is 1. The van der Waals surface area contributed by atoms with E-state index in [2.05, 4.69) is 17.4 Å². The maximum atomic E-state index is 11.9. The Bertz CT molecular complexity index is 612. The zero-order chi connectivity index (χ0) is 14.7. The second-order valence-electron chi connectivity index (χ2n) is 5.30. The first-order valence-corrected chi connectivity index (χ1v) is 7.05. The van der Waals surface area contributed by atoms with Gasteiger partial charge in [0.2, 0.25) is 0 Å². The minimum Gasteiger partial charge on any atom is -0.484 e. The molecule has 1 aliphatic carbocycles. The highest BCUT2D eigenvalue weighted by Crippen LogP contribution is 2.21. The SMILES string of the molecule is Nc1ccc(OCC(=O)NC2Cc3ccccc3C2)cc1. The third-order valence-electron chi connectivity index (χ3n) is 3.67. The number of amides is 1. The Morgan fingerprint density at radius 2 is 1.71 bits per heavy atom. The van der Waals surface area contributed by atoms with Gasteiger partial charge in [0.1, 0.15) is 5.75 Å². The summed E-state index contributed by atoms with van der Waals surface area (Å²) in [7, 11) is 0. The number of nitrogens with two attached hydrogens (primary N) is 1. The summed E-state index contributed by atoms with van der Waals surface area (Å²) in [4.78, 5) is 11.9. The van der Waals surface area contributed by atoms with Crippen molar-refractivity contribution in [3.8, 4) is 5.75 Å². The van der Waals surface area contributed by atoms with Crippen LogP contribution in [0.5, 0.6) is 5.75 Å². The lowest BCUT2D eigenvalue weighted by Gasteiger charge is -2.12. The van der Waals surface area contributed by atoms with Crippen LogP contribution < -0.4 is 15.8 Å². The Kier molecular flexibility index (Phi) is 3.77. The predicted molar refractivity (Wildman–Crippen MR) is 82.1 cm³/mol. The van der Waals surface area contributed by atoms with Gasteiger partial charge in [0.05, 0.1) is 0 Å². The molecule has 0 unspecified atom stereocenters. The van der Waals surface area contributed by atoms with Crippen LogP contribution in [0.3, 0.4) is 0 Å². The molecule has 0 atom stereocenters. The molecule has 3 N–H and O–H groups in total. The van der Waals surface area contributed by atoms with Gasteiger partial charge >= 0.3 is 0 Å². The summed E-state index contributed by atoms with van der Waals surface area (Å²) in [6.45, 7) is 0.0246. The number of fused-ring (bicyclic) bond motifs is 1. The van der Waals surface area contributed by atoms with Crippen LogP contribution in [-0.4, -0.2) is 18.6 Å². The molecular weight excluding hydrogens is 264 g/mol. The topological polar surface area (TPSA) is 64.3 Å².